The van der Waals surface area contributed by atoms with Crippen molar-refractivity contribution in [3.05, 3.63) is 29.6 Å². The van der Waals surface area contributed by atoms with Gasteiger partial charge in [-0.3, -0.25) is 4.79 Å². The molecule has 1 aliphatic heterocycles. The van der Waals surface area contributed by atoms with Crippen molar-refractivity contribution in [1.29, 1.82) is 0 Å². The number of halogens is 1. The van der Waals surface area contributed by atoms with Gasteiger partial charge in [-0.2, -0.15) is 0 Å². The molecule has 2 rings (SSSR count). The van der Waals surface area contributed by atoms with E-state index in [-0.39, 0.29) is 17.1 Å². The monoisotopic (exact) mass is 228 g/mol. The Morgan fingerprint density at radius 2 is 2.07 bits per heavy atom. The van der Waals surface area contributed by atoms with Crippen molar-refractivity contribution in [1.82, 2.24) is 0 Å². The van der Waals surface area contributed by atoms with E-state index in [0.717, 1.165) is 6.07 Å². The highest BCUT2D eigenvalue weighted by atomic mass is 32.2. The van der Waals surface area contributed by atoms with Crippen LogP contribution in [0.25, 0.3) is 0 Å². The van der Waals surface area contributed by atoms with Crippen molar-refractivity contribution in [2.75, 3.05) is 5.75 Å². The second kappa shape index (κ2) is 3.13. The van der Waals surface area contributed by atoms with Gasteiger partial charge in [0.05, 0.1) is 5.75 Å². The van der Waals surface area contributed by atoms with Crippen LogP contribution in [0.2, 0.25) is 0 Å². The van der Waals surface area contributed by atoms with Crippen LogP contribution in [0.15, 0.2) is 23.1 Å². The van der Waals surface area contributed by atoms with Crippen LogP contribution >= 0.6 is 0 Å². The highest BCUT2D eigenvalue weighted by Crippen LogP contribution is 2.29. The summed E-state index contributed by atoms with van der Waals surface area (Å²) < 4.78 is 36.7. The van der Waals surface area contributed by atoms with E-state index in [2.05, 4.69) is 0 Å². The van der Waals surface area contributed by atoms with Gasteiger partial charge in [0.15, 0.2) is 15.6 Å². The van der Waals surface area contributed by atoms with Gasteiger partial charge >= 0.3 is 0 Å². The zero-order valence-corrected chi connectivity index (χ0v) is 8.84. The van der Waals surface area contributed by atoms with Crippen molar-refractivity contribution < 1.29 is 17.6 Å². The van der Waals surface area contributed by atoms with Crippen LogP contribution in [0, 0.1) is 11.7 Å². The molecule has 1 unspecified atom stereocenters. The van der Waals surface area contributed by atoms with E-state index >= 15 is 0 Å². The minimum atomic E-state index is -3.65. The number of ketones is 1. The molecule has 80 valence electrons. The molecule has 0 spiro atoms. The molecule has 1 atom stereocenters. The molecule has 3 nitrogen and oxygen atoms in total. The molecule has 0 amide bonds. The summed E-state index contributed by atoms with van der Waals surface area (Å²) in [6, 6.07) is 3.76. The molecule has 15 heavy (non-hydrogen) atoms. The first-order chi connectivity index (χ1) is 6.93. The van der Waals surface area contributed by atoms with Crippen molar-refractivity contribution in [2.45, 2.75) is 11.8 Å². The minimum Gasteiger partial charge on any atom is -0.294 e. The lowest BCUT2D eigenvalue weighted by atomic mass is 10.0. The van der Waals surface area contributed by atoms with E-state index in [1.807, 2.05) is 0 Å². The molecule has 0 saturated carbocycles. The van der Waals surface area contributed by atoms with Crippen LogP contribution in [-0.4, -0.2) is 20.0 Å². The van der Waals surface area contributed by atoms with Crippen molar-refractivity contribution in [3.63, 3.8) is 0 Å². The fourth-order valence-corrected chi connectivity index (χ4v) is 3.62. The maximum Gasteiger partial charge on any atom is 0.182 e. The standard InChI is InChI=1S/C10H9FO3S/c1-6-5-15(13,14)10-7(9(6)12)3-2-4-8(10)11/h2-4,6H,5H2,1H3. The smallest absolute Gasteiger partial charge is 0.182 e. The number of benzene rings is 1. The van der Waals surface area contributed by atoms with Gasteiger partial charge in [-0.25, -0.2) is 12.8 Å². The Bertz CT molecular complexity index is 534. The molecule has 0 aliphatic carbocycles. The fourth-order valence-electron chi connectivity index (χ4n) is 1.77. The summed E-state index contributed by atoms with van der Waals surface area (Å²) >= 11 is 0. The third-order valence-corrected chi connectivity index (χ3v) is 4.44. The predicted molar refractivity (Wildman–Crippen MR) is 51.9 cm³/mol. The lowest BCUT2D eigenvalue weighted by Crippen LogP contribution is -2.30. The number of sulfone groups is 1. The van der Waals surface area contributed by atoms with Gasteiger partial charge in [0, 0.05) is 11.5 Å². The van der Waals surface area contributed by atoms with Crippen LogP contribution < -0.4 is 0 Å². The first kappa shape index (κ1) is 10.3. The lowest BCUT2D eigenvalue weighted by Gasteiger charge is -2.20. The topological polar surface area (TPSA) is 51.2 Å². The van der Waals surface area contributed by atoms with Crippen molar-refractivity contribution in [2.24, 2.45) is 5.92 Å². The zero-order chi connectivity index (χ0) is 11.2. The zero-order valence-electron chi connectivity index (χ0n) is 8.03. The molecule has 1 aromatic rings. The molecular formula is C10H9FO3S. The van der Waals surface area contributed by atoms with Gasteiger partial charge in [-0.1, -0.05) is 13.0 Å². The summed E-state index contributed by atoms with van der Waals surface area (Å²) in [5, 5.41) is 0. The maximum absolute atomic E-state index is 13.3. The molecule has 0 aromatic heterocycles. The Hall–Kier alpha value is -1.23. The number of rotatable bonds is 0. The first-order valence-electron chi connectivity index (χ1n) is 4.49. The van der Waals surface area contributed by atoms with E-state index < -0.39 is 26.5 Å². The van der Waals surface area contributed by atoms with Gasteiger partial charge in [0.25, 0.3) is 0 Å². The summed E-state index contributed by atoms with van der Waals surface area (Å²) in [5.74, 6) is -2.05. The Kier molecular flexibility index (Phi) is 2.15. The third kappa shape index (κ3) is 1.47. The highest BCUT2D eigenvalue weighted by Gasteiger charge is 2.36. The van der Waals surface area contributed by atoms with Crippen LogP contribution in [-0.2, 0) is 9.84 Å². The van der Waals surface area contributed by atoms with E-state index in [1.165, 1.54) is 19.1 Å². The Morgan fingerprint density at radius 1 is 1.40 bits per heavy atom. The first-order valence-corrected chi connectivity index (χ1v) is 6.14. The Morgan fingerprint density at radius 3 is 2.73 bits per heavy atom. The SMILES string of the molecule is CC1CS(=O)(=O)c2c(F)cccc2C1=O. The molecule has 1 heterocycles. The number of carbonyl (C=O) groups is 1. The average Bonchev–Trinajstić information content (AvgIpc) is 2.13. The molecular weight excluding hydrogens is 219 g/mol. The molecule has 0 bridgehead atoms. The third-order valence-electron chi connectivity index (χ3n) is 2.46. The summed E-state index contributed by atoms with van der Waals surface area (Å²) in [4.78, 5) is 11.2. The van der Waals surface area contributed by atoms with Gasteiger partial charge in [0.1, 0.15) is 10.7 Å². The van der Waals surface area contributed by atoms with E-state index in [4.69, 9.17) is 0 Å². The van der Waals surface area contributed by atoms with E-state index in [0.29, 0.717) is 0 Å². The number of carbonyl (C=O) groups excluding carboxylic acids is 1. The molecule has 1 aliphatic rings. The number of Topliss-reactive ketones (excluding diaryl/α,β-unsaturated/α-hetero) is 1. The van der Waals surface area contributed by atoms with Crippen LogP contribution in [0.5, 0.6) is 0 Å². The number of hydrogen-bond acceptors (Lipinski definition) is 3. The lowest BCUT2D eigenvalue weighted by molar-refractivity contribution is 0.0932. The number of hydrogen-bond donors (Lipinski definition) is 0. The van der Waals surface area contributed by atoms with Gasteiger partial charge < -0.3 is 0 Å². The van der Waals surface area contributed by atoms with E-state index in [1.54, 1.807) is 0 Å². The molecule has 5 heteroatoms. The van der Waals surface area contributed by atoms with Crippen LogP contribution in [0.3, 0.4) is 0 Å². The molecule has 1 aromatic carbocycles. The molecule has 0 fully saturated rings. The molecule has 0 radical (unpaired) electrons. The minimum absolute atomic E-state index is 0.0197. The van der Waals surface area contributed by atoms with Crippen molar-refractivity contribution in [3.8, 4) is 0 Å². The van der Waals surface area contributed by atoms with Crippen LogP contribution in [0.1, 0.15) is 17.3 Å². The highest BCUT2D eigenvalue weighted by molar-refractivity contribution is 7.91. The summed E-state index contributed by atoms with van der Waals surface area (Å²) in [7, 11) is -3.65. The quantitative estimate of drug-likeness (QED) is 0.675. The second-order valence-electron chi connectivity index (χ2n) is 3.66. The predicted octanol–water partition coefficient (Wildman–Crippen LogP) is 1.43. The normalized spacial score (nSPS) is 23.6. The molecule has 0 N–H and O–H groups in total. The van der Waals surface area contributed by atoms with Gasteiger partial charge in [-0.15, -0.1) is 0 Å². The number of fused-ring (bicyclic) bond motifs is 1. The molecule has 0 saturated heterocycles. The summed E-state index contributed by atoms with van der Waals surface area (Å²) in [6.45, 7) is 1.54. The maximum atomic E-state index is 13.3. The van der Waals surface area contributed by atoms with Gasteiger partial charge in [-0.05, 0) is 12.1 Å². The van der Waals surface area contributed by atoms with Gasteiger partial charge in [0.2, 0.25) is 0 Å². The Balaban J connectivity index is 2.82. The van der Waals surface area contributed by atoms with Crippen LogP contribution in [0.4, 0.5) is 4.39 Å². The van der Waals surface area contributed by atoms with Crippen molar-refractivity contribution >= 4 is 15.6 Å². The second-order valence-corrected chi connectivity index (χ2v) is 5.63. The largest absolute Gasteiger partial charge is 0.294 e. The fraction of sp³-hybridized carbons (Fsp3) is 0.300. The van der Waals surface area contributed by atoms with E-state index in [9.17, 15) is 17.6 Å². The summed E-state index contributed by atoms with van der Waals surface area (Å²) in [6.07, 6.45) is 0. The Labute approximate surface area is 86.8 Å². The average molecular weight is 228 g/mol. The summed E-state index contributed by atoms with van der Waals surface area (Å²) in [5.41, 5.74) is -0.0197.